The van der Waals surface area contributed by atoms with Gasteiger partial charge in [0.05, 0.1) is 0 Å². The Hall–Kier alpha value is -1.85. The topological polar surface area (TPSA) is 78.9 Å². The van der Waals surface area contributed by atoms with E-state index in [0.29, 0.717) is 19.3 Å². The van der Waals surface area contributed by atoms with Crippen molar-refractivity contribution in [3.63, 3.8) is 0 Å². The average Bonchev–Trinajstić information content (AvgIpc) is 3.44. The van der Waals surface area contributed by atoms with E-state index in [9.17, 15) is 14.4 Å². The summed E-state index contributed by atoms with van der Waals surface area (Å²) in [6.07, 6.45) is 81.6. The Kier molecular flexibility index (Phi) is 66.0. The molecule has 0 aliphatic rings. The number of hydrogen-bond acceptors (Lipinski definition) is 6. The van der Waals surface area contributed by atoms with E-state index in [0.717, 1.165) is 57.8 Å². The maximum atomic E-state index is 12.9. The van der Waals surface area contributed by atoms with Crippen LogP contribution in [0.2, 0.25) is 0 Å². The van der Waals surface area contributed by atoms with Gasteiger partial charge in [-0.05, 0) is 44.9 Å². The third-order valence-corrected chi connectivity index (χ3v) is 16.5. The molecule has 0 saturated carbocycles. The van der Waals surface area contributed by atoms with Crippen molar-refractivity contribution < 1.29 is 28.6 Å². The molecule has 0 aromatic carbocycles. The Morgan fingerprint density at radius 1 is 0.244 bits per heavy atom. The molecule has 1 unspecified atom stereocenters. The van der Waals surface area contributed by atoms with Gasteiger partial charge in [0.15, 0.2) is 6.10 Å². The fourth-order valence-electron chi connectivity index (χ4n) is 11.2. The lowest BCUT2D eigenvalue weighted by atomic mass is 10.0. The van der Waals surface area contributed by atoms with Gasteiger partial charge in [0.2, 0.25) is 0 Å². The van der Waals surface area contributed by atoms with Crippen LogP contribution in [-0.4, -0.2) is 37.2 Å². The predicted molar refractivity (Wildman–Crippen MR) is 340 cm³/mol. The number of ether oxygens (including phenoxy) is 3. The van der Waals surface area contributed by atoms with Gasteiger partial charge in [-0.1, -0.05) is 360 Å². The minimum absolute atomic E-state index is 0.0630. The quantitative estimate of drug-likeness (QED) is 0.0261. The lowest BCUT2D eigenvalue weighted by molar-refractivity contribution is -0.167. The Morgan fingerprint density at radius 3 is 0.641 bits per heavy atom. The second-order valence-corrected chi connectivity index (χ2v) is 24.5. The van der Waals surface area contributed by atoms with Crippen LogP contribution in [0.25, 0.3) is 0 Å². The van der Waals surface area contributed by atoms with E-state index in [2.05, 4.69) is 32.9 Å². The number of carbonyl (C=O) groups excluding carboxylic acids is 3. The van der Waals surface area contributed by atoms with Gasteiger partial charge in [0.1, 0.15) is 13.2 Å². The van der Waals surface area contributed by atoms with Gasteiger partial charge in [0, 0.05) is 19.3 Å². The SMILES string of the molecule is CCCCCCCCCC/C=C\CCCCCCCCCCCCCCCCCCCCCCCC(=O)OCC(COC(=O)CCCCCCCC)OC(=O)CCCCCCCCCCCCCCCCCCCCCCC. The second-order valence-electron chi connectivity index (χ2n) is 24.5. The summed E-state index contributed by atoms with van der Waals surface area (Å²) in [4.78, 5) is 38.1. The Bertz CT molecular complexity index is 1210. The van der Waals surface area contributed by atoms with Crippen molar-refractivity contribution in [2.24, 2.45) is 0 Å². The zero-order valence-corrected chi connectivity index (χ0v) is 53.2. The number of allylic oxidation sites excluding steroid dienone is 2. The Balaban J connectivity index is 3.91. The van der Waals surface area contributed by atoms with Crippen LogP contribution in [0.5, 0.6) is 0 Å². The molecule has 0 aromatic heterocycles. The maximum Gasteiger partial charge on any atom is 0.306 e. The van der Waals surface area contributed by atoms with Crippen molar-refractivity contribution in [1.82, 2.24) is 0 Å². The normalized spacial score (nSPS) is 12.0. The summed E-state index contributed by atoms with van der Waals surface area (Å²) >= 11 is 0. The largest absolute Gasteiger partial charge is 0.462 e. The van der Waals surface area contributed by atoms with Crippen molar-refractivity contribution in [1.29, 1.82) is 0 Å². The van der Waals surface area contributed by atoms with Crippen molar-refractivity contribution >= 4 is 17.9 Å². The van der Waals surface area contributed by atoms with E-state index in [4.69, 9.17) is 14.2 Å². The highest BCUT2D eigenvalue weighted by atomic mass is 16.6. The first-order valence-corrected chi connectivity index (χ1v) is 35.7. The van der Waals surface area contributed by atoms with Crippen LogP contribution < -0.4 is 0 Å². The molecule has 0 aliphatic carbocycles. The van der Waals surface area contributed by atoms with Crippen molar-refractivity contribution in [3.8, 4) is 0 Å². The Morgan fingerprint density at radius 2 is 0.423 bits per heavy atom. The molecule has 0 spiro atoms. The molecule has 0 aliphatic heterocycles. The molecule has 0 bridgehead atoms. The third kappa shape index (κ3) is 65.0. The Labute approximate surface area is 488 Å². The van der Waals surface area contributed by atoms with Crippen LogP contribution in [0.3, 0.4) is 0 Å². The zero-order valence-electron chi connectivity index (χ0n) is 53.2. The first-order valence-electron chi connectivity index (χ1n) is 35.7. The van der Waals surface area contributed by atoms with E-state index in [1.165, 1.54) is 315 Å². The predicted octanol–water partition coefficient (Wildman–Crippen LogP) is 24.4. The molecule has 0 aromatic rings. The number of rotatable bonds is 67. The summed E-state index contributed by atoms with van der Waals surface area (Å²) in [5.74, 6) is -0.841. The van der Waals surface area contributed by atoms with E-state index in [-0.39, 0.29) is 31.1 Å². The maximum absolute atomic E-state index is 12.9. The second kappa shape index (κ2) is 67.7. The van der Waals surface area contributed by atoms with E-state index >= 15 is 0 Å². The molecule has 0 radical (unpaired) electrons. The highest BCUT2D eigenvalue weighted by Gasteiger charge is 2.19. The average molecular weight is 1100 g/mol. The van der Waals surface area contributed by atoms with Crippen LogP contribution in [0.15, 0.2) is 12.2 Å². The minimum atomic E-state index is -0.762. The van der Waals surface area contributed by atoms with Crippen LogP contribution >= 0.6 is 0 Å². The van der Waals surface area contributed by atoms with Crippen LogP contribution in [-0.2, 0) is 28.6 Å². The summed E-state index contributed by atoms with van der Waals surface area (Å²) in [7, 11) is 0. The molecule has 6 nitrogen and oxygen atoms in total. The molecule has 462 valence electrons. The fraction of sp³-hybridized carbons (Fsp3) is 0.931. The first-order chi connectivity index (χ1) is 38.5. The summed E-state index contributed by atoms with van der Waals surface area (Å²) in [5.41, 5.74) is 0. The van der Waals surface area contributed by atoms with Gasteiger partial charge >= 0.3 is 17.9 Å². The summed E-state index contributed by atoms with van der Waals surface area (Å²) in [6, 6.07) is 0. The molecule has 0 N–H and O–H groups in total. The zero-order chi connectivity index (χ0) is 56.4. The van der Waals surface area contributed by atoms with Crippen molar-refractivity contribution in [3.05, 3.63) is 12.2 Å². The number of hydrogen-bond donors (Lipinski definition) is 0. The molecular formula is C72H138O6. The molecule has 1 atom stereocenters. The van der Waals surface area contributed by atoms with Gasteiger partial charge in [-0.3, -0.25) is 14.4 Å². The lowest BCUT2D eigenvalue weighted by Gasteiger charge is -2.18. The molecule has 0 amide bonds. The molecule has 0 heterocycles. The van der Waals surface area contributed by atoms with Crippen LogP contribution in [0.1, 0.15) is 412 Å². The van der Waals surface area contributed by atoms with E-state index in [1.807, 2.05) is 0 Å². The highest BCUT2D eigenvalue weighted by Crippen LogP contribution is 2.19. The monoisotopic (exact) mass is 1100 g/mol. The molecule has 78 heavy (non-hydrogen) atoms. The van der Waals surface area contributed by atoms with Gasteiger partial charge in [-0.15, -0.1) is 0 Å². The van der Waals surface area contributed by atoms with Gasteiger partial charge < -0.3 is 14.2 Å². The molecule has 0 fully saturated rings. The summed E-state index contributed by atoms with van der Waals surface area (Å²) in [5, 5.41) is 0. The van der Waals surface area contributed by atoms with Gasteiger partial charge in [0.25, 0.3) is 0 Å². The number of carbonyl (C=O) groups is 3. The van der Waals surface area contributed by atoms with Crippen LogP contribution in [0, 0.1) is 0 Å². The fourth-order valence-corrected chi connectivity index (χ4v) is 11.2. The van der Waals surface area contributed by atoms with Gasteiger partial charge in [-0.25, -0.2) is 0 Å². The summed E-state index contributed by atoms with van der Waals surface area (Å²) < 4.78 is 16.9. The van der Waals surface area contributed by atoms with E-state index in [1.54, 1.807) is 0 Å². The smallest absolute Gasteiger partial charge is 0.306 e. The molecule has 6 heteroatoms. The third-order valence-electron chi connectivity index (χ3n) is 16.5. The standard InChI is InChI=1S/C72H138O6/c1-4-7-10-13-16-18-20-22-24-26-28-30-31-32-33-34-35-36-37-38-39-40-41-43-44-46-48-50-52-54-56-59-62-65-71(74)77-68-69(67-76-70(73)64-61-58-15-12-9-6-3)78-72(75)66-63-60-57-55-53-51-49-47-45-42-29-27-25-23-21-19-17-14-11-8-5-2/h26,28,69H,4-25,27,29-68H2,1-3H3/b28-26-. The number of esters is 3. The van der Waals surface area contributed by atoms with Crippen LogP contribution in [0.4, 0.5) is 0 Å². The van der Waals surface area contributed by atoms with Crippen molar-refractivity contribution in [2.45, 2.75) is 419 Å². The van der Waals surface area contributed by atoms with E-state index < -0.39 is 6.10 Å². The van der Waals surface area contributed by atoms with Gasteiger partial charge in [-0.2, -0.15) is 0 Å². The highest BCUT2D eigenvalue weighted by molar-refractivity contribution is 5.71. The first kappa shape index (κ1) is 76.1. The molecule has 0 saturated heterocycles. The number of unbranched alkanes of at least 4 members (excludes halogenated alkanes) is 54. The summed E-state index contributed by atoms with van der Waals surface area (Å²) in [6.45, 7) is 6.66. The minimum Gasteiger partial charge on any atom is -0.462 e. The lowest BCUT2D eigenvalue weighted by Crippen LogP contribution is -2.30. The molecular weight excluding hydrogens is 961 g/mol. The van der Waals surface area contributed by atoms with Crippen molar-refractivity contribution in [2.75, 3.05) is 13.2 Å². The molecule has 0 rings (SSSR count).